The molecule has 0 aliphatic rings. The van der Waals surface area contributed by atoms with Gasteiger partial charge in [-0.2, -0.15) is 5.10 Å². The normalized spacial score (nSPS) is 10.9. The fraction of sp³-hybridized carbons (Fsp3) is 0.133. The van der Waals surface area contributed by atoms with Crippen molar-refractivity contribution in [2.45, 2.75) is 6.92 Å². The summed E-state index contributed by atoms with van der Waals surface area (Å²) in [5, 5.41) is 8.57. The molecule has 1 aromatic heterocycles. The summed E-state index contributed by atoms with van der Waals surface area (Å²) in [6, 6.07) is 10.8. The van der Waals surface area contributed by atoms with E-state index < -0.39 is 6.09 Å². The van der Waals surface area contributed by atoms with Crippen LogP contribution in [0.15, 0.2) is 46.9 Å². The van der Waals surface area contributed by atoms with Crippen molar-refractivity contribution in [3.05, 3.63) is 52.2 Å². The zero-order chi connectivity index (χ0) is 15.9. The number of rotatable bonds is 4. The summed E-state index contributed by atoms with van der Waals surface area (Å²) in [6.45, 7) is 1.76. The maximum Gasteiger partial charge on any atom is 0.427 e. The fourth-order valence-electron chi connectivity index (χ4n) is 1.63. The van der Waals surface area contributed by atoms with Gasteiger partial charge in [-0.1, -0.05) is 18.2 Å². The third-order valence-corrected chi connectivity index (χ3v) is 3.67. The third kappa shape index (κ3) is 4.16. The highest BCUT2D eigenvalue weighted by Crippen LogP contribution is 2.14. The highest BCUT2D eigenvalue weighted by Gasteiger charge is 2.07. The number of ether oxygens (including phenoxy) is 1. The van der Waals surface area contributed by atoms with E-state index in [-0.39, 0.29) is 5.91 Å². The van der Waals surface area contributed by atoms with Crippen LogP contribution in [-0.4, -0.2) is 24.8 Å². The number of thiophene rings is 1. The zero-order valence-electron chi connectivity index (χ0n) is 12.1. The number of nitrogens with zero attached hydrogens (tertiary/aromatic N) is 1. The maximum absolute atomic E-state index is 11.9. The van der Waals surface area contributed by atoms with Crippen LogP contribution in [0.5, 0.6) is 0 Å². The molecule has 0 bridgehead atoms. The van der Waals surface area contributed by atoms with Gasteiger partial charge in [0.1, 0.15) is 0 Å². The molecule has 0 fully saturated rings. The molecule has 0 aliphatic heterocycles. The Balaban J connectivity index is 2.01. The molecule has 2 rings (SSSR count). The molecule has 2 N–H and O–H groups in total. The minimum absolute atomic E-state index is 0.138. The fourth-order valence-corrected chi connectivity index (χ4v) is 2.25. The van der Waals surface area contributed by atoms with Gasteiger partial charge in [-0.15, -0.1) is 11.3 Å². The van der Waals surface area contributed by atoms with Gasteiger partial charge in [-0.05, 0) is 36.1 Å². The number of hydrogen-bond acceptors (Lipinski definition) is 5. The van der Waals surface area contributed by atoms with Gasteiger partial charge in [-0.25, -0.2) is 10.2 Å². The lowest BCUT2D eigenvalue weighted by Crippen LogP contribution is -2.18. The summed E-state index contributed by atoms with van der Waals surface area (Å²) in [5.41, 5.74) is 4.40. The van der Waals surface area contributed by atoms with E-state index in [0.717, 1.165) is 5.56 Å². The molecule has 2 aromatic rings. The molecule has 0 unspecified atom stereocenters. The zero-order valence-corrected chi connectivity index (χ0v) is 12.9. The SMILES string of the molecule is COC(=O)N/N=C(\C)c1ccc(NC(=O)c2cccs2)cc1. The first-order valence-corrected chi connectivity index (χ1v) is 7.31. The van der Waals surface area contributed by atoms with Gasteiger partial charge in [0.25, 0.3) is 5.91 Å². The van der Waals surface area contributed by atoms with E-state index >= 15 is 0 Å². The molecule has 0 saturated carbocycles. The van der Waals surface area contributed by atoms with Crippen LogP contribution in [0.2, 0.25) is 0 Å². The average Bonchev–Trinajstić information content (AvgIpc) is 3.07. The van der Waals surface area contributed by atoms with E-state index in [1.165, 1.54) is 18.4 Å². The number of hydrazone groups is 1. The minimum Gasteiger partial charge on any atom is -0.452 e. The molecule has 0 saturated heterocycles. The first kappa shape index (κ1) is 15.7. The van der Waals surface area contributed by atoms with Crippen molar-refractivity contribution in [3.63, 3.8) is 0 Å². The number of hydrogen-bond donors (Lipinski definition) is 2. The highest BCUT2D eigenvalue weighted by molar-refractivity contribution is 7.12. The monoisotopic (exact) mass is 317 g/mol. The largest absolute Gasteiger partial charge is 0.452 e. The smallest absolute Gasteiger partial charge is 0.427 e. The predicted octanol–water partition coefficient (Wildman–Crippen LogP) is 3.08. The Bertz CT molecular complexity index is 679. The number of methoxy groups -OCH3 is 1. The van der Waals surface area contributed by atoms with Crippen LogP contribution in [-0.2, 0) is 4.74 Å². The van der Waals surface area contributed by atoms with E-state index in [0.29, 0.717) is 16.3 Å². The second kappa shape index (κ2) is 7.37. The van der Waals surface area contributed by atoms with E-state index in [1.807, 2.05) is 23.6 Å². The van der Waals surface area contributed by atoms with Crippen molar-refractivity contribution < 1.29 is 14.3 Å². The summed E-state index contributed by atoms with van der Waals surface area (Å²) >= 11 is 1.39. The number of carbonyl (C=O) groups excluding carboxylic acids is 2. The highest BCUT2D eigenvalue weighted by atomic mass is 32.1. The summed E-state index contributed by atoms with van der Waals surface area (Å²) in [7, 11) is 1.27. The van der Waals surface area contributed by atoms with Gasteiger partial charge < -0.3 is 10.1 Å². The van der Waals surface area contributed by atoms with Crippen LogP contribution in [0.3, 0.4) is 0 Å². The quantitative estimate of drug-likeness (QED) is 0.672. The lowest BCUT2D eigenvalue weighted by molar-refractivity contribution is 0.103. The molecule has 2 amide bonds. The van der Waals surface area contributed by atoms with Gasteiger partial charge in [0, 0.05) is 5.69 Å². The van der Waals surface area contributed by atoms with Crippen molar-refractivity contribution in [2.24, 2.45) is 5.10 Å². The van der Waals surface area contributed by atoms with Crippen molar-refractivity contribution in [1.29, 1.82) is 0 Å². The Kier molecular flexibility index (Phi) is 5.26. The number of carbonyl (C=O) groups is 2. The Morgan fingerprint density at radius 2 is 1.91 bits per heavy atom. The van der Waals surface area contributed by atoms with Gasteiger partial charge in [0.15, 0.2) is 0 Å². The molecule has 0 spiro atoms. The van der Waals surface area contributed by atoms with Gasteiger partial charge >= 0.3 is 6.09 Å². The predicted molar refractivity (Wildman–Crippen MR) is 86.5 cm³/mol. The molecular weight excluding hydrogens is 302 g/mol. The molecule has 6 nitrogen and oxygen atoms in total. The number of benzene rings is 1. The Morgan fingerprint density at radius 3 is 2.50 bits per heavy atom. The Hall–Kier alpha value is -2.67. The summed E-state index contributed by atoms with van der Waals surface area (Å²) < 4.78 is 4.43. The summed E-state index contributed by atoms with van der Waals surface area (Å²) in [6.07, 6.45) is -0.626. The second-order valence-electron chi connectivity index (χ2n) is 4.31. The lowest BCUT2D eigenvalue weighted by atomic mass is 10.1. The van der Waals surface area contributed by atoms with Crippen LogP contribution in [0.4, 0.5) is 10.5 Å². The van der Waals surface area contributed by atoms with Crippen molar-refractivity contribution >= 4 is 34.7 Å². The van der Waals surface area contributed by atoms with Crippen LogP contribution in [0.25, 0.3) is 0 Å². The molecule has 0 aliphatic carbocycles. The van der Waals surface area contributed by atoms with E-state index in [9.17, 15) is 9.59 Å². The minimum atomic E-state index is -0.626. The molecule has 0 atom stereocenters. The summed E-state index contributed by atoms with van der Waals surface area (Å²) in [4.78, 5) is 23.5. The van der Waals surface area contributed by atoms with Crippen LogP contribution >= 0.6 is 11.3 Å². The van der Waals surface area contributed by atoms with E-state index in [2.05, 4.69) is 20.6 Å². The number of nitrogens with one attached hydrogen (secondary N) is 2. The standard InChI is InChI=1S/C15H15N3O3S/c1-10(17-18-15(20)21-2)11-5-7-12(8-6-11)16-14(19)13-4-3-9-22-13/h3-9H,1-2H3,(H,16,19)(H,18,20)/b17-10+. The number of anilines is 1. The molecule has 7 heteroatoms. The van der Waals surface area contributed by atoms with Gasteiger partial charge in [0.05, 0.1) is 17.7 Å². The first-order chi connectivity index (χ1) is 10.6. The molecule has 1 aromatic carbocycles. The summed E-state index contributed by atoms with van der Waals surface area (Å²) in [5.74, 6) is -0.138. The average molecular weight is 317 g/mol. The van der Waals surface area contributed by atoms with Crippen molar-refractivity contribution in [2.75, 3.05) is 12.4 Å². The third-order valence-electron chi connectivity index (χ3n) is 2.81. The molecule has 114 valence electrons. The van der Waals surface area contributed by atoms with Crippen LogP contribution < -0.4 is 10.7 Å². The topological polar surface area (TPSA) is 79.8 Å². The Labute approximate surface area is 131 Å². The Morgan fingerprint density at radius 1 is 1.18 bits per heavy atom. The number of amides is 2. The molecule has 0 radical (unpaired) electrons. The van der Waals surface area contributed by atoms with Crippen molar-refractivity contribution in [3.8, 4) is 0 Å². The van der Waals surface area contributed by atoms with E-state index in [1.54, 1.807) is 25.1 Å². The molecular formula is C15H15N3O3S. The first-order valence-electron chi connectivity index (χ1n) is 6.43. The van der Waals surface area contributed by atoms with Crippen LogP contribution in [0.1, 0.15) is 22.2 Å². The molecule has 1 heterocycles. The van der Waals surface area contributed by atoms with E-state index in [4.69, 9.17) is 0 Å². The maximum atomic E-state index is 11.9. The van der Waals surface area contributed by atoms with Crippen molar-refractivity contribution in [1.82, 2.24) is 5.43 Å². The second-order valence-corrected chi connectivity index (χ2v) is 5.26. The molecule has 22 heavy (non-hydrogen) atoms. The van der Waals surface area contributed by atoms with Gasteiger partial charge in [-0.3, -0.25) is 4.79 Å². The van der Waals surface area contributed by atoms with Gasteiger partial charge in [0.2, 0.25) is 0 Å². The lowest BCUT2D eigenvalue weighted by Gasteiger charge is -2.06. The van der Waals surface area contributed by atoms with Crippen LogP contribution in [0, 0.1) is 0 Å².